The van der Waals surface area contributed by atoms with Crippen molar-refractivity contribution in [3.05, 3.63) is 69.8 Å². The van der Waals surface area contributed by atoms with Gasteiger partial charge in [-0.05, 0) is 6.07 Å². The molecule has 0 aliphatic carbocycles. The Morgan fingerprint density at radius 2 is 1.88 bits per heavy atom. The first-order valence-corrected chi connectivity index (χ1v) is 6.59. The van der Waals surface area contributed by atoms with Gasteiger partial charge in [0.05, 0.1) is 16.2 Å². The summed E-state index contributed by atoms with van der Waals surface area (Å²) < 4.78 is 0. The van der Waals surface area contributed by atoms with Gasteiger partial charge in [-0.1, -0.05) is 30.3 Å². The van der Waals surface area contributed by atoms with Crippen molar-refractivity contribution in [2.75, 3.05) is 5.43 Å². The van der Waals surface area contributed by atoms with E-state index < -0.39 is 16.4 Å². The number of ketones is 1. The lowest BCUT2D eigenvalue weighted by Crippen LogP contribution is -2.14. The summed E-state index contributed by atoms with van der Waals surface area (Å²) in [5.41, 5.74) is 2.20. The molecule has 1 N–H and O–H groups in total. The number of nitriles is 2. The summed E-state index contributed by atoms with van der Waals surface area (Å²) in [6.45, 7) is 0. The van der Waals surface area contributed by atoms with Gasteiger partial charge in [-0.25, -0.2) is 0 Å². The number of carbonyl (C=O) groups is 1. The highest BCUT2D eigenvalue weighted by Crippen LogP contribution is 2.21. The van der Waals surface area contributed by atoms with Gasteiger partial charge in [-0.2, -0.15) is 15.6 Å². The van der Waals surface area contributed by atoms with Gasteiger partial charge in [-0.15, -0.1) is 0 Å². The first-order chi connectivity index (χ1) is 11.6. The summed E-state index contributed by atoms with van der Waals surface area (Å²) in [7, 11) is 0. The van der Waals surface area contributed by atoms with Gasteiger partial charge in [0.2, 0.25) is 11.5 Å². The Hall–Kier alpha value is -4.04. The van der Waals surface area contributed by atoms with Crippen LogP contribution in [0.3, 0.4) is 0 Å². The molecule has 2 aromatic carbocycles. The van der Waals surface area contributed by atoms with Gasteiger partial charge < -0.3 is 0 Å². The highest BCUT2D eigenvalue weighted by Gasteiger charge is 2.15. The van der Waals surface area contributed by atoms with Crippen LogP contribution in [0.4, 0.5) is 11.4 Å². The van der Waals surface area contributed by atoms with Crippen LogP contribution < -0.4 is 5.43 Å². The van der Waals surface area contributed by atoms with Crippen molar-refractivity contribution in [3.63, 3.8) is 0 Å². The van der Waals surface area contributed by atoms with Crippen LogP contribution in [0.2, 0.25) is 0 Å². The third-order valence-electron chi connectivity index (χ3n) is 2.98. The van der Waals surface area contributed by atoms with Crippen LogP contribution in [0, 0.1) is 32.8 Å². The van der Waals surface area contributed by atoms with E-state index in [2.05, 4.69) is 10.5 Å². The Morgan fingerprint density at radius 1 is 1.17 bits per heavy atom. The van der Waals surface area contributed by atoms with Gasteiger partial charge in [-0.3, -0.25) is 20.3 Å². The Labute approximate surface area is 136 Å². The van der Waals surface area contributed by atoms with Gasteiger partial charge in [0, 0.05) is 17.7 Å². The molecule has 0 aromatic heterocycles. The van der Waals surface area contributed by atoms with E-state index >= 15 is 0 Å². The van der Waals surface area contributed by atoms with Crippen molar-refractivity contribution >= 4 is 22.9 Å². The van der Waals surface area contributed by atoms with E-state index in [0.29, 0.717) is 5.56 Å². The monoisotopic (exact) mass is 319 g/mol. The Morgan fingerprint density at radius 3 is 2.46 bits per heavy atom. The predicted octanol–water partition coefficient (Wildman–Crippen LogP) is 2.64. The topological polar surface area (TPSA) is 132 Å². The second-order valence-corrected chi connectivity index (χ2v) is 4.48. The van der Waals surface area contributed by atoms with Crippen LogP contribution in [0.25, 0.3) is 0 Å². The number of non-ortho nitro benzene ring substituents is 1. The summed E-state index contributed by atoms with van der Waals surface area (Å²) in [4.78, 5) is 22.2. The number of rotatable bonds is 5. The Bertz CT molecular complexity index is 908. The molecule has 2 rings (SSSR count). The molecule has 0 bridgehead atoms. The zero-order chi connectivity index (χ0) is 17.5. The van der Waals surface area contributed by atoms with Crippen LogP contribution in [0.5, 0.6) is 0 Å². The minimum absolute atomic E-state index is 0.0302. The number of hydrazone groups is 1. The van der Waals surface area contributed by atoms with Crippen molar-refractivity contribution in [2.24, 2.45) is 5.10 Å². The van der Waals surface area contributed by atoms with Crippen LogP contribution in [0.1, 0.15) is 15.9 Å². The summed E-state index contributed by atoms with van der Waals surface area (Å²) in [6.07, 6.45) is 0. The number of carbonyl (C=O) groups excluding carboxylic acids is 1. The summed E-state index contributed by atoms with van der Waals surface area (Å²) in [5.74, 6) is -0.578. The minimum atomic E-state index is -0.631. The highest BCUT2D eigenvalue weighted by molar-refractivity contribution is 6.51. The van der Waals surface area contributed by atoms with E-state index in [0.717, 1.165) is 6.07 Å². The second kappa shape index (κ2) is 7.29. The maximum atomic E-state index is 12.1. The zero-order valence-corrected chi connectivity index (χ0v) is 12.1. The number of nitrogens with one attached hydrogen (secondary N) is 1. The smallest absolute Gasteiger partial charge is 0.270 e. The molecule has 0 aliphatic heterocycles. The third-order valence-corrected chi connectivity index (χ3v) is 2.98. The number of nitro groups is 1. The molecule has 0 unspecified atom stereocenters. The van der Waals surface area contributed by atoms with Crippen LogP contribution >= 0.6 is 0 Å². The molecule has 0 spiro atoms. The molecule has 8 nitrogen and oxygen atoms in total. The SMILES string of the molecule is N#CC(=NNc1ccc([N+](=O)[O-])cc1C#N)C(=O)c1ccccc1. The standard InChI is InChI=1S/C16H9N5O3/c17-9-12-8-13(21(23)24)6-7-14(12)19-20-15(10-18)16(22)11-4-2-1-3-5-11/h1-8,19H. The summed E-state index contributed by atoms with van der Waals surface area (Å²) in [6, 6.07) is 15.1. The molecule has 2 aromatic rings. The highest BCUT2D eigenvalue weighted by atomic mass is 16.6. The molecule has 0 saturated carbocycles. The number of nitrogens with zero attached hydrogens (tertiary/aromatic N) is 4. The molecule has 8 heteroatoms. The predicted molar refractivity (Wildman–Crippen MR) is 85.3 cm³/mol. The van der Waals surface area contributed by atoms with E-state index in [-0.39, 0.29) is 16.9 Å². The fourth-order valence-electron chi connectivity index (χ4n) is 1.80. The van der Waals surface area contributed by atoms with E-state index in [1.165, 1.54) is 12.1 Å². The second-order valence-electron chi connectivity index (χ2n) is 4.48. The van der Waals surface area contributed by atoms with E-state index in [4.69, 9.17) is 10.5 Å². The maximum Gasteiger partial charge on any atom is 0.270 e. The molecular formula is C16H9N5O3. The molecule has 116 valence electrons. The molecule has 0 heterocycles. The van der Waals surface area contributed by atoms with Crippen LogP contribution in [-0.2, 0) is 0 Å². The lowest BCUT2D eigenvalue weighted by atomic mass is 10.1. The van der Waals surface area contributed by atoms with Crippen molar-refractivity contribution in [2.45, 2.75) is 0 Å². The molecule has 0 atom stereocenters. The van der Waals surface area contributed by atoms with Gasteiger partial charge in [0.1, 0.15) is 12.1 Å². The fraction of sp³-hybridized carbons (Fsp3) is 0. The van der Waals surface area contributed by atoms with Crippen LogP contribution in [-0.4, -0.2) is 16.4 Å². The first-order valence-electron chi connectivity index (χ1n) is 6.59. The number of hydrogen-bond acceptors (Lipinski definition) is 7. The molecule has 0 fully saturated rings. The van der Waals surface area contributed by atoms with E-state index in [9.17, 15) is 14.9 Å². The normalized spacial score (nSPS) is 10.3. The number of Topliss-reactive ketones (excluding diaryl/α,β-unsaturated/α-hetero) is 1. The largest absolute Gasteiger partial charge is 0.286 e. The molecule has 0 saturated heterocycles. The number of nitro benzene ring substituents is 1. The third kappa shape index (κ3) is 3.59. The average Bonchev–Trinajstić information content (AvgIpc) is 2.62. The van der Waals surface area contributed by atoms with E-state index in [1.54, 1.807) is 42.5 Å². The first kappa shape index (κ1) is 16.3. The lowest BCUT2D eigenvalue weighted by molar-refractivity contribution is -0.384. The molecule has 0 radical (unpaired) electrons. The van der Waals surface area contributed by atoms with Gasteiger partial charge in [0.15, 0.2) is 0 Å². The van der Waals surface area contributed by atoms with E-state index in [1.807, 2.05) is 0 Å². The van der Waals surface area contributed by atoms with Crippen molar-refractivity contribution in [3.8, 4) is 12.1 Å². The van der Waals surface area contributed by atoms with Crippen LogP contribution in [0.15, 0.2) is 53.6 Å². The maximum absolute atomic E-state index is 12.1. The summed E-state index contributed by atoms with van der Waals surface area (Å²) in [5, 5.41) is 32.5. The number of benzene rings is 2. The average molecular weight is 319 g/mol. The lowest BCUT2D eigenvalue weighted by Gasteiger charge is -2.04. The minimum Gasteiger partial charge on any atom is -0.286 e. The molecule has 0 amide bonds. The van der Waals surface area contributed by atoms with Gasteiger partial charge in [0.25, 0.3) is 5.69 Å². The van der Waals surface area contributed by atoms with Gasteiger partial charge >= 0.3 is 0 Å². The molecule has 0 aliphatic rings. The van der Waals surface area contributed by atoms with Crippen molar-refractivity contribution in [1.29, 1.82) is 10.5 Å². The Balaban J connectivity index is 2.29. The fourth-order valence-corrected chi connectivity index (χ4v) is 1.80. The van der Waals surface area contributed by atoms with Crippen molar-refractivity contribution in [1.82, 2.24) is 0 Å². The molecular weight excluding hydrogens is 310 g/mol. The Kier molecular flexibility index (Phi) is 4.96. The zero-order valence-electron chi connectivity index (χ0n) is 12.1. The summed E-state index contributed by atoms with van der Waals surface area (Å²) >= 11 is 0. The quantitative estimate of drug-likeness (QED) is 0.390. The molecule has 24 heavy (non-hydrogen) atoms. The number of anilines is 1. The van der Waals surface area contributed by atoms with Crippen molar-refractivity contribution < 1.29 is 9.72 Å². The number of hydrogen-bond donors (Lipinski definition) is 1.